The summed E-state index contributed by atoms with van der Waals surface area (Å²) in [4.78, 5) is 3.57. The Labute approximate surface area is 154 Å². The van der Waals surface area contributed by atoms with Crippen molar-refractivity contribution in [1.82, 2.24) is 4.98 Å². The minimum absolute atomic E-state index is 1.19. The standard InChI is InChI=1S/C24H15NS/c1-3-9-20-17(6-1)18-13-12-15(14-21(18)25-20)16-8-5-11-23-24(16)19-7-2-4-10-22(19)26-23/h1-14,25H. The van der Waals surface area contributed by atoms with Crippen LogP contribution in [0, 0.1) is 0 Å². The molecule has 0 radical (unpaired) electrons. The van der Waals surface area contributed by atoms with E-state index in [0.717, 1.165) is 0 Å². The van der Waals surface area contributed by atoms with Crippen LogP contribution in [0.1, 0.15) is 0 Å². The second-order valence-corrected chi connectivity index (χ2v) is 7.79. The summed E-state index contributed by atoms with van der Waals surface area (Å²) >= 11 is 1.87. The fourth-order valence-corrected chi connectivity index (χ4v) is 5.17. The molecular formula is C24H15NS. The summed E-state index contributed by atoms with van der Waals surface area (Å²) in [5, 5.41) is 5.28. The first-order valence-electron chi connectivity index (χ1n) is 8.79. The lowest BCUT2D eigenvalue weighted by molar-refractivity contribution is 1.54. The zero-order valence-corrected chi connectivity index (χ0v) is 14.8. The maximum Gasteiger partial charge on any atom is 0.0471 e. The number of hydrogen-bond donors (Lipinski definition) is 1. The van der Waals surface area contributed by atoms with Gasteiger partial charge in [-0.25, -0.2) is 0 Å². The summed E-state index contributed by atoms with van der Waals surface area (Å²) in [6.07, 6.45) is 0. The Hall–Kier alpha value is -3.10. The van der Waals surface area contributed by atoms with E-state index in [1.807, 2.05) is 11.3 Å². The third kappa shape index (κ3) is 1.91. The summed E-state index contributed by atoms with van der Waals surface area (Å²) in [5.41, 5.74) is 4.96. The molecule has 1 nitrogen and oxygen atoms in total. The number of aromatic nitrogens is 1. The van der Waals surface area contributed by atoms with E-state index in [0.29, 0.717) is 0 Å². The van der Waals surface area contributed by atoms with Crippen LogP contribution < -0.4 is 0 Å². The molecule has 0 aliphatic rings. The Kier molecular flexibility index (Phi) is 2.82. The summed E-state index contributed by atoms with van der Waals surface area (Å²) in [5.74, 6) is 0. The molecule has 0 atom stereocenters. The van der Waals surface area contributed by atoms with Crippen LogP contribution in [0.4, 0.5) is 0 Å². The molecule has 6 aromatic rings. The minimum Gasteiger partial charge on any atom is -0.354 e. The molecule has 2 heteroatoms. The smallest absolute Gasteiger partial charge is 0.0471 e. The molecule has 0 saturated heterocycles. The van der Waals surface area contributed by atoms with Gasteiger partial charge in [0.05, 0.1) is 0 Å². The van der Waals surface area contributed by atoms with Crippen molar-refractivity contribution in [2.24, 2.45) is 0 Å². The SMILES string of the molecule is c1ccc2c(c1)[nH]c1cc(-c3cccc4sc5ccccc5c34)ccc12. The molecule has 0 saturated carbocycles. The Morgan fingerprint density at radius 1 is 0.577 bits per heavy atom. The first-order chi connectivity index (χ1) is 12.9. The zero-order valence-electron chi connectivity index (χ0n) is 14.0. The van der Waals surface area contributed by atoms with Gasteiger partial charge in [0.1, 0.15) is 0 Å². The third-order valence-corrected chi connectivity index (χ3v) is 6.36. The van der Waals surface area contributed by atoms with Crippen LogP contribution in [0.15, 0.2) is 84.9 Å². The Morgan fingerprint density at radius 3 is 2.31 bits per heavy atom. The quantitative estimate of drug-likeness (QED) is 0.319. The van der Waals surface area contributed by atoms with Gasteiger partial charge in [0.2, 0.25) is 0 Å². The molecular weight excluding hydrogens is 334 g/mol. The number of H-pyrrole nitrogens is 1. The van der Waals surface area contributed by atoms with Gasteiger partial charge in [-0.3, -0.25) is 0 Å². The first-order valence-corrected chi connectivity index (χ1v) is 9.61. The predicted molar refractivity (Wildman–Crippen MR) is 114 cm³/mol. The van der Waals surface area contributed by atoms with Gasteiger partial charge in [0.15, 0.2) is 0 Å². The summed E-state index contributed by atoms with van der Waals surface area (Å²) < 4.78 is 2.70. The van der Waals surface area contributed by atoms with Crippen LogP contribution in [0.3, 0.4) is 0 Å². The van der Waals surface area contributed by atoms with Crippen molar-refractivity contribution in [2.45, 2.75) is 0 Å². The molecule has 0 aliphatic carbocycles. The number of fused-ring (bicyclic) bond motifs is 6. The largest absolute Gasteiger partial charge is 0.354 e. The first kappa shape index (κ1) is 14.1. The molecule has 0 bridgehead atoms. The highest BCUT2D eigenvalue weighted by Crippen LogP contribution is 2.40. The van der Waals surface area contributed by atoms with Gasteiger partial charge >= 0.3 is 0 Å². The van der Waals surface area contributed by atoms with E-state index < -0.39 is 0 Å². The number of aromatic amines is 1. The summed E-state index contributed by atoms with van der Waals surface area (Å²) in [6, 6.07) is 30.6. The Balaban J connectivity index is 1.68. The summed E-state index contributed by atoms with van der Waals surface area (Å²) in [6.45, 7) is 0. The lowest BCUT2D eigenvalue weighted by atomic mass is 9.98. The normalized spacial score (nSPS) is 11.8. The van der Waals surface area contributed by atoms with E-state index in [1.54, 1.807) is 0 Å². The molecule has 122 valence electrons. The van der Waals surface area contributed by atoms with Crippen molar-refractivity contribution in [1.29, 1.82) is 0 Å². The second-order valence-electron chi connectivity index (χ2n) is 6.71. The number of hydrogen-bond acceptors (Lipinski definition) is 1. The van der Waals surface area contributed by atoms with Crippen LogP contribution in [0.2, 0.25) is 0 Å². The molecule has 2 aromatic heterocycles. The molecule has 0 spiro atoms. The molecule has 1 N–H and O–H groups in total. The number of rotatable bonds is 1. The van der Waals surface area contributed by atoms with Crippen molar-refractivity contribution in [2.75, 3.05) is 0 Å². The van der Waals surface area contributed by atoms with Crippen molar-refractivity contribution in [3.63, 3.8) is 0 Å². The van der Waals surface area contributed by atoms with Gasteiger partial charge in [-0.2, -0.15) is 0 Å². The van der Waals surface area contributed by atoms with E-state index >= 15 is 0 Å². The zero-order chi connectivity index (χ0) is 17.1. The molecule has 26 heavy (non-hydrogen) atoms. The topological polar surface area (TPSA) is 15.8 Å². The lowest BCUT2D eigenvalue weighted by Crippen LogP contribution is -1.80. The Bertz CT molecular complexity index is 1430. The maximum atomic E-state index is 3.57. The average Bonchev–Trinajstić information content (AvgIpc) is 3.25. The maximum absolute atomic E-state index is 3.57. The average molecular weight is 349 g/mol. The summed E-state index contributed by atoms with van der Waals surface area (Å²) in [7, 11) is 0. The van der Waals surface area contributed by atoms with Gasteiger partial charge < -0.3 is 4.98 Å². The molecule has 2 heterocycles. The van der Waals surface area contributed by atoms with Gasteiger partial charge in [0, 0.05) is 42.0 Å². The van der Waals surface area contributed by atoms with Crippen LogP contribution in [0.25, 0.3) is 53.1 Å². The van der Waals surface area contributed by atoms with Gasteiger partial charge in [-0.15, -0.1) is 11.3 Å². The van der Waals surface area contributed by atoms with E-state index in [1.165, 1.54) is 53.1 Å². The highest BCUT2D eigenvalue weighted by Gasteiger charge is 2.12. The Morgan fingerprint density at radius 2 is 1.35 bits per heavy atom. The molecule has 0 aliphatic heterocycles. The fourth-order valence-electron chi connectivity index (χ4n) is 4.04. The number of thiophene rings is 1. The predicted octanol–water partition coefficient (Wildman–Crippen LogP) is 7.36. The van der Waals surface area contributed by atoms with Gasteiger partial charge in [-0.05, 0) is 35.4 Å². The van der Waals surface area contributed by atoms with Crippen LogP contribution in [-0.4, -0.2) is 4.98 Å². The van der Waals surface area contributed by atoms with Gasteiger partial charge in [-0.1, -0.05) is 60.7 Å². The molecule has 6 rings (SSSR count). The van der Waals surface area contributed by atoms with E-state index in [-0.39, 0.29) is 0 Å². The van der Waals surface area contributed by atoms with E-state index in [4.69, 9.17) is 0 Å². The van der Waals surface area contributed by atoms with Crippen molar-refractivity contribution < 1.29 is 0 Å². The van der Waals surface area contributed by atoms with Crippen molar-refractivity contribution in [3.05, 3.63) is 84.9 Å². The fraction of sp³-hybridized carbons (Fsp3) is 0. The van der Waals surface area contributed by atoms with Crippen LogP contribution in [0.5, 0.6) is 0 Å². The number of benzene rings is 4. The molecule has 4 aromatic carbocycles. The molecule has 0 fully saturated rings. The number of para-hydroxylation sites is 1. The molecule has 0 amide bonds. The van der Waals surface area contributed by atoms with Crippen LogP contribution in [-0.2, 0) is 0 Å². The highest BCUT2D eigenvalue weighted by molar-refractivity contribution is 7.25. The minimum atomic E-state index is 1.19. The van der Waals surface area contributed by atoms with Crippen molar-refractivity contribution in [3.8, 4) is 11.1 Å². The van der Waals surface area contributed by atoms with Crippen LogP contribution >= 0.6 is 11.3 Å². The van der Waals surface area contributed by atoms with Gasteiger partial charge in [0.25, 0.3) is 0 Å². The van der Waals surface area contributed by atoms with Crippen molar-refractivity contribution >= 4 is 53.3 Å². The second kappa shape index (κ2) is 5.20. The third-order valence-electron chi connectivity index (χ3n) is 5.22. The monoisotopic (exact) mass is 349 g/mol. The van der Waals surface area contributed by atoms with E-state index in [9.17, 15) is 0 Å². The lowest BCUT2D eigenvalue weighted by Gasteiger charge is -2.05. The highest BCUT2D eigenvalue weighted by atomic mass is 32.1. The van der Waals surface area contributed by atoms with E-state index in [2.05, 4.69) is 89.9 Å². The number of nitrogens with one attached hydrogen (secondary N) is 1. The molecule has 0 unspecified atom stereocenters.